The van der Waals surface area contributed by atoms with Crippen LogP contribution in [0.15, 0.2) is 67.0 Å². The van der Waals surface area contributed by atoms with Crippen molar-refractivity contribution in [3.05, 3.63) is 78.2 Å². The van der Waals surface area contributed by atoms with Crippen LogP contribution in [0, 0.1) is 0 Å². The average molecular weight is 346 g/mol. The van der Waals surface area contributed by atoms with Gasteiger partial charge in [0.15, 0.2) is 0 Å². The Morgan fingerprint density at radius 3 is 2.64 bits per heavy atom. The number of pyridine rings is 2. The van der Waals surface area contributed by atoms with E-state index in [1.165, 1.54) is 11.3 Å². The van der Waals surface area contributed by atoms with Crippen molar-refractivity contribution in [1.82, 2.24) is 20.3 Å². The van der Waals surface area contributed by atoms with Gasteiger partial charge in [0.05, 0.1) is 28.0 Å². The van der Waals surface area contributed by atoms with Crippen LogP contribution >= 0.6 is 11.3 Å². The summed E-state index contributed by atoms with van der Waals surface area (Å²) >= 11 is 1.53. The number of benzene rings is 1. The largest absolute Gasteiger partial charge is 0.346 e. The summed E-state index contributed by atoms with van der Waals surface area (Å²) in [6, 6.07) is 17.0. The number of thiazole rings is 1. The molecule has 25 heavy (non-hydrogen) atoms. The number of carbonyl (C=O) groups excluding carboxylic acids is 1. The Kier molecular flexibility index (Phi) is 4.18. The molecule has 0 saturated heterocycles. The molecule has 122 valence electrons. The molecule has 3 heterocycles. The van der Waals surface area contributed by atoms with Gasteiger partial charge in [-0.15, -0.1) is 11.3 Å². The Morgan fingerprint density at radius 1 is 0.960 bits per heavy atom. The SMILES string of the molecule is O=C(NCc1ccccn1)c1cccnc1-c1nc2ccccc2s1. The van der Waals surface area contributed by atoms with Gasteiger partial charge in [-0.05, 0) is 36.4 Å². The van der Waals surface area contributed by atoms with Gasteiger partial charge in [-0.25, -0.2) is 4.98 Å². The molecule has 0 unspecified atom stereocenters. The van der Waals surface area contributed by atoms with E-state index < -0.39 is 0 Å². The number of hydrogen-bond donors (Lipinski definition) is 1. The maximum absolute atomic E-state index is 12.6. The zero-order chi connectivity index (χ0) is 17.1. The summed E-state index contributed by atoms with van der Waals surface area (Å²) in [6.07, 6.45) is 3.38. The lowest BCUT2D eigenvalue weighted by atomic mass is 10.2. The standard InChI is InChI=1S/C19H14N4OS/c24-18(22-12-13-6-3-4-10-20-13)14-7-5-11-21-17(14)19-23-15-8-1-2-9-16(15)25-19/h1-11H,12H2,(H,22,24). The van der Waals surface area contributed by atoms with Gasteiger partial charge in [0, 0.05) is 12.4 Å². The fourth-order valence-corrected chi connectivity index (χ4v) is 3.48. The fourth-order valence-electron chi connectivity index (χ4n) is 2.50. The van der Waals surface area contributed by atoms with Gasteiger partial charge in [-0.2, -0.15) is 0 Å². The average Bonchev–Trinajstić information content (AvgIpc) is 3.11. The highest BCUT2D eigenvalue weighted by Gasteiger charge is 2.17. The predicted octanol–water partition coefficient (Wildman–Crippen LogP) is 3.68. The van der Waals surface area contributed by atoms with Crippen LogP contribution in [-0.2, 0) is 6.54 Å². The second-order valence-electron chi connectivity index (χ2n) is 5.39. The highest BCUT2D eigenvalue weighted by atomic mass is 32.1. The van der Waals surface area contributed by atoms with Crippen LogP contribution in [0.1, 0.15) is 16.1 Å². The molecule has 0 aliphatic heterocycles. The molecule has 4 aromatic rings. The third-order valence-electron chi connectivity index (χ3n) is 3.71. The molecular weight excluding hydrogens is 332 g/mol. The molecular formula is C19H14N4OS. The second-order valence-corrected chi connectivity index (χ2v) is 6.42. The number of amides is 1. The predicted molar refractivity (Wildman–Crippen MR) is 98.3 cm³/mol. The van der Waals surface area contributed by atoms with Gasteiger partial charge in [0.1, 0.15) is 10.7 Å². The summed E-state index contributed by atoms with van der Waals surface area (Å²) in [7, 11) is 0. The molecule has 6 heteroatoms. The normalized spacial score (nSPS) is 10.7. The van der Waals surface area contributed by atoms with Crippen molar-refractivity contribution in [1.29, 1.82) is 0 Å². The first-order valence-electron chi connectivity index (χ1n) is 7.80. The Morgan fingerprint density at radius 2 is 1.80 bits per heavy atom. The van der Waals surface area contributed by atoms with Crippen LogP contribution in [0.2, 0.25) is 0 Å². The summed E-state index contributed by atoms with van der Waals surface area (Å²) in [5.74, 6) is -0.187. The fraction of sp³-hybridized carbons (Fsp3) is 0.0526. The van der Waals surface area contributed by atoms with Gasteiger partial charge in [-0.1, -0.05) is 18.2 Å². The first-order valence-corrected chi connectivity index (χ1v) is 8.62. The molecule has 4 rings (SSSR count). The Balaban J connectivity index is 1.63. The van der Waals surface area contributed by atoms with Crippen molar-refractivity contribution in [3.8, 4) is 10.7 Å². The summed E-state index contributed by atoms with van der Waals surface area (Å²) < 4.78 is 1.07. The number of para-hydroxylation sites is 1. The van der Waals surface area contributed by atoms with Crippen molar-refractivity contribution in [2.75, 3.05) is 0 Å². The van der Waals surface area contributed by atoms with Crippen molar-refractivity contribution < 1.29 is 4.79 Å². The van der Waals surface area contributed by atoms with Crippen LogP contribution in [0.25, 0.3) is 20.9 Å². The van der Waals surface area contributed by atoms with Crippen LogP contribution in [0.5, 0.6) is 0 Å². The van der Waals surface area contributed by atoms with Crippen LogP contribution in [0.4, 0.5) is 0 Å². The number of nitrogens with one attached hydrogen (secondary N) is 1. The van der Waals surface area contributed by atoms with E-state index in [1.807, 2.05) is 42.5 Å². The summed E-state index contributed by atoms with van der Waals surface area (Å²) in [5.41, 5.74) is 2.83. The number of carbonyl (C=O) groups is 1. The summed E-state index contributed by atoms with van der Waals surface area (Å²) in [5, 5.41) is 3.64. The molecule has 0 fully saturated rings. The number of fused-ring (bicyclic) bond motifs is 1. The van der Waals surface area contributed by atoms with Crippen LogP contribution in [0.3, 0.4) is 0 Å². The minimum absolute atomic E-state index is 0.187. The smallest absolute Gasteiger partial charge is 0.253 e. The highest BCUT2D eigenvalue weighted by molar-refractivity contribution is 7.21. The lowest BCUT2D eigenvalue weighted by Crippen LogP contribution is -2.24. The van der Waals surface area contributed by atoms with E-state index in [1.54, 1.807) is 24.5 Å². The molecule has 0 saturated carbocycles. The molecule has 0 aliphatic carbocycles. The van der Waals surface area contributed by atoms with E-state index in [-0.39, 0.29) is 5.91 Å². The Bertz CT molecular complexity index is 997. The van der Waals surface area contributed by atoms with Crippen LogP contribution in [-0.4, -0.2) is 20.9 Å². The zero-order valence-corrected chi connectivity index (χ0v) is 14.0. The van der Waals surface area contributed by atoms with Crippen molar-refractivity contribution in [2.45, 2.75) is 6.54 Å². The van der Waals surface area contributed by atoms with Crippen molar-refractivity contribution in [3.63, 3.8) is 0 Å². The molecule has 3 aromatic heterocycles. The second kappa shape index (κ2) is 6.78. The molecule has 1 aromatic carbocycles. The van der Waals surface area contributed by atoms with E-state index in [2.05, 4.69) is 20.3 Å². The quantitative estimate of drug-likeness (QED) is 0.612. The van der Waals surface area contributed by atoms with E-state index in [9.17, 15) is 4.79 Å². The third-order valence-corrected chi connectivity index (χ3v) is 4.75. The van der Waals surface area contributed by atoms with Gasteiger partial charge in [0.25, 0.3) is 5.91 Å². The maximum Gasteiger partial charge on any atom is 0.253 e. The van der Waals surface area contributed by atoms with Gasteiger partial charge in [-0.3, -0.25) is 14.8 Å². The lowest BCUT2D eigenvalue weighted by Gasteiger charge is -2.07. The number of rotatable bonds is 4. The molecule has 0 radical (unpaired) electrons. The van der Waals surface area contributed by atoms with Gasteiger partial charge in [0.2, 0.25) is 0 Å². The number of aromatic nitrogens is 3. The van der Waals surface area contributed by atoms with Crippen molar-refractivity contribution >= 4 is 27.5 Å². The lowest BCUT2D eigenvalue weighted by molar-refractivity contribution is 0.0951. The van der Waals surface area contributed by atoms with E-state index in [4.69, 9.17) is 0 Å². The first-order chi connectivity index (χ1) is 12.3. The van der Waals surface area contributed by atoms with Crippen LogP contribution < -0.4 is 5.32 Å². The molecule has 5 nitrogen and oxygen atoms in total. The van der Waals surface area contributed by atoms with E-state index in [0.717, 1.165) is 20.9 Å². The first kappa shape index (κ1) is 15.4. The van der Waals surface area contributed by atoms with Gasteiger partial charge >= 0.3 is 0 Å². The summed E-state index contributed by atoms with van der Waals surface area (Å²) in [4.78, 5) is 25.8. The van der Waals surface area contributed by atoms with E-state index >= 15 is 0 Å². The monoisotopic (exact) mass is 346 g/mol. The van der Waals surface area contributed by atoms with Gasteiger partial charge < -0.3 is 5.32 Å². The highest BCUT2D eigenvalue weighted by Crippen LogP contribution is 2.30. The third kappa shape index (κ3) is 3.25. The molecule has 0 aliphatic rings. The minimum Gasteiger partial charge on any atom is -0.346 e. The Labute approximate surface area is 148 Å². The Hall–Kier alpha value is -3.12. The van der Waals surface area contributed by atoms with E-state index in [0.29, 0.717) is 17.8 Å². The zero-order valence-electron chi connectivity index (χ0n) is 13.2. The minimum atomic E-state index is -0.187. The topological polar surface area (TPSA) is 67.8 Å². The molecule has 0 bridgehead atoms. The number of nitrogens with zero attached hydrogens (tertiary/aromatic N) is 3. The maximum atomic E-state index is 12.6. The number of hydrogen-bond acceptors (Lipinski definition) is 5. The molecule has 1 amide bonds. The molecule has 1 N–H and O–H groups in total. The van der Waals surface area contributed by atoms with Crippen molar-refractivity contribution in [2.24, 2.45) is 0 Å². The molecule has 0 atom stereocenters. The molecule has 0 spiro atoms. The summed E-state index contributed by atoms with van der Waals surface area (Å²) in [6.45, 7) is 0.369.